The summed E-state index contributed by atoms with van der Waals surface area (Å²) in [7, 11) is 0. The molecule has 0 saturated carbocycles. The molecule has 0 radical (unpaired) electrons. The van der Waals surface area contributed by atoms with E-state index in [9.17, 15) is 9.59 Å². The molecular formula is C21H27N5O3. The lowest BCUT2D eigenvalue weighted by atomic mass is 9.92. The molecule has 0 aliphatic carbocycles. The number of nitrogens with one attached hydrogen (secondary N) is 1. The predicted molar refractivity (Wildman–Crippen MR) is 106 cm³/mol. The summed E-state index contributed by atoms with van der Waals surface area (Å²) in [6.45, 7) is 7.67. The Hall–Kier alpha value is -2.74. The fraction of sp³-hybridized carbons (Fsp3) is 0.524. The van der Waals surface area contributed by atoms with Gasteiger partial charge in [0.25, 0.3) is 5.91 Å². The zero-order valence-electron chi connectivity index (χ0n) is 17.1. The summed E-state index contributed by atoms with van der Waals surface area (Å²) in [4.78, 5) is 33.3. The van der Waals surface area contributed by atoms with Gasteiger partial charge in [0.15, 0.2) is 0 Å². The van der Waals surface area contributed by atoms with Gasteiger partial charge in [-0.15, -0.1) is 0 Å². The summed E-state index contributed by atoms with van der Waals surface area (Å²) in [6, 6.07) is 7.53. The van der Waals surface area contributed by atoms with Crippen molar-refractivity contribution in [3.8, 4) is 0 Å². The molecular weight excluding hydrogens is 370 g/mol. The number of nitrogens with zero attached hydrogens (tertiary/aromatic N) is 4. The molecule has 154 valence electrons. The topological polar surface area (TPSA) is 91.4 Å². The van der Waals surface area contributed by atoms with Gasteiger partial charge in [-0.2, -0.15) is 5.10 Å². The molecule has 8 heteroatoms. The first-order chi connectivity index (χ1) is 13.8. The van der Waals surface area contributed by atoms with Gasteiger partial charge < -0.3 is 14.5 Å². The van der Waals surface area contributed by atoms with Crippen molar-refractivity contribution in [2.45, 2.75) is 51.3 Å². The van der Waals surface area contributed by atoms with Crippen LogP contribution in [0.1, 0.15) is 49.1 Å². The zero-order chi connectivity index (χ0) is 20.6. The Morgan fingerprint density at radius 3 is 2.59 bits per heavy atom. The zero-order valence-corrected chi connectivity index (χ0v) is 17.1. The third-order valence-corrected chi connectivity index (χ3v) is 5.63. The Kier molecular flexibility index (Phi) is 5.12. The van der Waals surface area contributed by atoms with Gasteiger partial charge in [-0.25, -0.2) is 0 Å². The number of aromatic amines is 1. The van der Waals surface area contributed by atoms with Crippen molar-refractivity contribution in [3.05, 3.63) is 47.5 Å². The number of likely N-dealkylation sites (tertiary alicyclic amines) is 2. The monoisotopic (exact) mass is 397 g/mol. The molecule has 2 aliphatic rings. The van der Waals surface area contributed by atoms with Crippen LogP contribution in [0.5, 0.6) is 0 Å². The average Bonchev–Trinajstić information content (AvgIpc) is 3.43. The molecule has 2 aliphatic heterocycles. The number of hydrogen-bond acceptors (Lipinski definition) is 5. The quantitative estimate of drug-likeness (QED) is 0.830. The highest BCUT2D eigenvalue weighted by Crippen LogP contribution is 2.32. The van der Waals surface area contributed by atoms with E-state index in [1.54, 1.807) is 6.20 Å². The van der Waals surface area contributed by atoms with Crippen LogP contribution in [0.2, 0.25) is 0 Å². The van der Waals surface area contributed by atoms with Gasteiger partial charge in [0.1, 0.15) is 12.3 Å². The Balaban J connectivity index is 1.30. The summed E-state index contributed by atoms with van der Waals surface area (Å²) >= 11 is 0. The van der Waals surface area contributed by atoms with Crippen LogP contribution in [0.3, 0.4) is 0 Å². The molecule has 2 bridgehead atoms. The minimum Gasteiger partial charge on any atom is -0.365 e. The maximum Gasteiger partial charge on any atom is 0.274 e. The van der Waals surface area contributed by atoms with Crippen molar-refractivity contribution >= 4 is 11.8 Å². The van der Waals surface area contributed by atoms with E-state index in [2.05, 4.69) is 36.0 Å². The smallest absolute Gasteiger partial charge is 0.274 e. The van der Waals surface area contributed by atoms with Crippen molar-refractivity contribution in [1.29, 1.82) is 0 Å². The Labute approximate surface area is 170 Å². The largest absolute Gasteiger partial charge is 0.365 e. The number of H-pyrrole nitrogens is 1. The van der Waals surface area contributed by atoms with E-state index in [0.29, 0.717) is 25.4 Å². The third-order valence-electron chi connectivity index (χ3n) is 5.63. The minimum atomic E-state index is -0.0893. The molecule has 29 heavy (non-hydrogen) atoms. The highest BCUT2D eigenvalue weighted by molar-refractivity contribution is 5.93. The maximum atomic E-state index is 12.9. The van der Waals surface area contributed by atoms with Crippen molar-refractivity contribution in [3.63, 3.8) is 0 Å². The standard InChI is InChI=1S/C21H27N5O3/c1-21(2,3)18-9-17(23-24-18)20(28)26-11-15-8-16(26)10-25(15)19(27)13-29-12-14-6-4-5-7-22-14/h4-7,9,15-16H,8,10-13H2,1-3H3,(H,23,24)/t15-,16-/m0/s1. The fourth-order valence-electron chi connectivity index (χ4n) is 3.99. The second kappa shape index (κ2) is 7.59. The molecule has 0 unspecified atom stereocenters. The van der Waals surface area contributed by atoms with Gasteiger partial charge in [0, 0.05) is 30.4 Å². The SMILES string of the molecule is CC(C)(C)c1cc(C(=O)N2C[C@@H]3C[C@H]2CN3C(=O)COCc2ccccn2)n[nH]1. The minimum absolute atomic E-state index is 0.0298. The van der Waals surface area contributed by atoms with Crippen LogP contribution in [0.15, 0.2) is 30.5 Å². The number of ether oxygens (including phenoxy) is 1. The summed E-state index contributed by atoms with van der Waals surface area (Å²) in [5.74, 6) is -0.0990. The lowest BCUT2D eigenvalue weighted by Gasteiger charge is -2.33. The molecule has 2 fully saturated rings. The van der Waals surface area contributed by atoms with Crippen LogP contribution in [0.25, 0.3) is 0 Å². The molecule has 2 saturated heterocycles. The summed E-state index contributed by atoms with van der Waals surface area (Å²) < 4.78 is 5.53. The first-order valence-corrected chi connectivity index (χ1v) is 9.97. The van der Waals surface area contributed by atoms with Crippen LogP contribution in [-0.4, -0.2) is 68.6 Å². The van der Waals surface area contributed by atoms with Crippen LogP contribution < -0.4 is 0 Å². The second-order valence-corrected chi connectivity index (χ2v) is 8.78. The number of fused-ring (bicyclic) bond motifs is 2. The molecule has 2 atom stereocenters. The van der Waals surface area contributed by atoms with Crippen molar-refractivity contribution in [1.82, 2.24) is 25.0 Å². The summed E-state index contributed by atoms with van der Waals surface area (Å²) in [6.07, 6.45) is 2.52. The normalized spacial score (nSPS) is 21.1. The van der Waals surface area contributed by atoms with Gasteiger partial charge in [-0.3, -0.25) is 19.7 Å². The lowest BCUT2D eigenvalue weighted by molar-refractivity contribution is -0.138. The maximum absolute atomic E-state index is 12.9. The van der Waals surface area contributed by atoms with E-state index < -0.39 is 0 Å². The first kappa shape index (κ1) is 19.6. The van der Waals surface area contributed by atoms with E-state index in [4.69, 9.17) is 4.74 Å². The first-order valence-electron chi connectivity index (χ1n) is 9.97. The number of rotatable bonds is 5. The Morgan fingerprint density at radius 1 is 1.21 bits per heavy atom. The van der Waals surface area contributed by atoms with Crippen LogP contribution in [0, 0.1) is 0 Å². The molecule has 0 spiro atoms. The third kappa shape index (κ3) is 4.03. The number of amides is 2. The second-order valence-electron chi connectivity index (χ2n) is 8.78. The number of carbonyl (C=O) groups is 2. The van der Waals surface area contributed by atoms with Crippen molar-refractivity contribution in [2.75, 3.05) is 19.7 Å². The lowest BCUT2D eigenvalue weighted by Crippen LogP contribution is -2.51. The summed E-state index contributed by atoms with van der Waals surface area (Å²) in [5, 5.41) is 7.19. The highest BCUT2D eigenvalue weighted by Gasteiger charge is 2.47. The number of piperazine rings is 1. The molecule has 2 aromatic heterocycles. The van der Waals surface area contributed by atoms with Crippen LogP contribution in [0.4, 0.5) is 0 Å². The van der Waals surface area contributed by atoms with Gasteiger partial charge in [-0.1, -0.05) is 26.8 Å². The predicted octanol–water partition coefficient (Wildman–Crippen LogP) is 1.74. The number of hydrogen-bond donors (Lipinski definition) is 1. The molecule has 1 N–H and O–H groups in total. The Morgan fingerprint density at radius 2 is 1.97 bits per heavy atom. The molecule has 4 rings (SSSR count). The van der Waals surface area contributed by atoms with E-state index >= 15 is 0 Å². The van der Waals surface area contributed by atoms with E-state index in [0.717, 1.165) is 17.8 Å². The van der Waals surface area contributed by atoms with Crippen molar-refractivity contribution in [2.24, 2.45) is 0 Å². The van der Waals surface area contributed by atoms with Gasteiger partial charge in [0.05, 0.1) is 24.4 Å². The fourth-order valence-corrected chi connectivity index (χ4v) is 3.99. The highest BCUT2D eigenvalue weighted by atomic mass is 16.5. The van der Waals surface area contributed by atoms with Crippen LogP contribution in [-0.2, 0) is 21.6 Å². The number of aromatic nitrogens is 3. The molecule has 2 amide bonds. The van der Waals surface area contributed by atoms with Crippen molar-refractivity contribution < 1.29 is 14.3 Å². The van der Waals surface area contributed by atoms with E-state index in [1.807, 2.05) is 34.1 Å². The number of pyridine rings is 1. The van der Waals surface area contributed by atoms with Gasteiger partial charge in [-0.05, 0) is 24.6 Å². The van der Waals surface area contributed by atoms with Gasteiger partial charge in [0.2, 0.25) is 5.91 Å². The van der Waals surface area contributed by atoms with Crippen LogP contribution >= 0.6 is 0 Å². The molecule has 4 heterocycles. The van der Waals surface area contributed by atoms with E-state index in [1.165, 1.54) is 0 Å². The average molecular weight is 397 g/mol. The number of carbonyl (C=O) groups excluding carboxylic acids is 2. The Bertz CT molecular complexity index is 889. The van der Waals surface area contributed by atoms with Gasteiger partial charge >= 0.3 is 0 Å². The summed E-state index contributed by atoms with van der Waals surface area (Å²) in [5.41, 5.74) is 2.09. The molecule has 2 aromatic rings. The molecule has 8 nitrogen and oxygen atoms in total. The molecule has 0 aromatic carbocycles. The van der Waals surface area contributed by atoms with E-state index in [-0.39, 0.29) is 35.9 Å².